The molecular weight excluding hydrogens is 274 g/mol. The van der Waals surface area contributed by atoms with Crippen molar-refractivity contribution < 1.29 is 14.3 Å². The number of hydrogen-bond donors (Lipinski definition) is 0. The molecule has 5 heteroatoms. The lowest BCUT2D eigenvalue weighted by Gasteiger charge is -2.28. The number of hydrogen-bond acceptors (Lipinski definition) is 4. The average Bonchev–Trinajstić information content (AvgIpc) is 2.71. The molecule has 1 fully saturated rings. The van der Waals surface area contributed by atoms with Gasteiger partial charge in [0.05, 0.1) is 5.75 Å². The third-order valence-corrected chi connectivity index (χ3v) is 4.14. The zero-order chi connectivity index (χ0) is 15.6. The molecule has 1 aliphatic heterocycles. The van der Waals surface area contributed by atoms with Gasteiger partial charge < -0.3 is 9.64 Å². The molecule has 1 atom stereocenters. The van der Waals surface area contributed by atoms with E-state index in [1.165, 1.54) is 0 Å². The van der Waals surface area contributed by atoms with Gasteiger partial charge in [-0.2, -0.15) is 0 Å². The second-order valence-corrected chi connectivity index (χ2v) is 8.98. The van der Waals surface area contributed by atoms with Crippen LogP contribution in [0, 0.1) is 0 Å². The van der Waals surface area contributed by atoms with Gasteiger partial charge in [0, 0.05) is 11.3 Å². The molecule has 0 radical (unpaired) electrons. The number of carbonyl (C=O) groups is 2. The third-order valence-electron chi connectivity index (χ3n) is 2.88. The highest BCUT2D eigenvalue weighted by molar-refractivity contribution is 8.01. The van der Waals surface area contributed by atoms with Gasteiger partial charge in [0.1, 0.15) is 11.6 Å². The lowest BCUT2D eigenvalue weighted by molar-refractivity contribution is -0.162. The molecule has 0 aromatic rings. The van der Waals surface area contributed by atoms with Crippen molar-refractivity contribution in [1.82, 2.24) is 4.90 Å². The number of ether oxygens (including phenoxy) is 1. The van der Waals surface area contributed by atoms with Gasteiger partial charge >= 0.3 is 5.97 Å². The minimum atomic E-state index is -0.505. The maximum Gasteiger partial charge on any atom is 0.329 e. The molecular formula is C15H27NO3S. The minimum Gasteiger partial charge on any atom is -0.458 e. The number of thioether (sulfide) groups is 1. The molecule has 0 N–H and O–H groups in total. The van der Waals surface area contributed by atoms with Crippen molar-refractivity contribution in [3.63, 3.8) is 0 Å². The molecule has 1 amide bonds. The van der Waals surface area contributed by atoms with Crippen LogP contribution in [0.5, 0.6) is 0 Å². The topological polar surface area (TPSA) is 46.6 Å². The SMILES string of the molecule is CC(C)(C)OC(=O)[C@@H]1CCCN1C(=O)CSC(C)(C)C. The first-order valence-electron chi connectivity index (χ1n) is 7.16. The van der Waals surface area contributed by atoms with Crippen molar-refractivity contribution in [2.24, 2.45) is 0 Å². The van der Waals surface area contributed by atoms with E-state index in [1.54, 1.807) is 16.7 Å². The summed E-state index contributed by atoms with van der Waals surface area (Å²) in [6, 6.07) is -0.401. The van der Waals surface area contributed by atoms with Crippen LogP contribution in [0.4, 0.5) is 0 Å². The van der Waals surface area contributed by atoms with Gasteiger partial charge in [-0.05, 0) is 33.6 Å². The molecule has 0 bridgehead atoms. The second kappa shape index (κ2) is 6.37. The molecule has 1 saturated heterocycles. The fourth-order valence-corrected chi connectivity index (χ4v) is 2.76. The molecule has 116 valence electrons. The first-order chi connectivity index (χ1) is 8.99. The highest BCUT2D eigenvalue weighted by Crippen LogP contribution is 2.26. The van der Waals surface area contributed by atoms with Crippen molar-refractivity contribution in [2.75, 3.05) is 12.3 Å². The van der Waals surface area contributed by atoms with Gasteiger partial charge in [0.25, 0.3) is 0 Å². The monoisotopic (exact) mass is 301 g/mol. The maximum absolute atomic E-state index is 12.3. The Morgan fingerprint density at radius 2 is 1.80 bits per heavy atom. The summed E-state index contributed by atoms with van der Waals surface area (Å²) >= 11 is 1.61. The van der Waals surface area contributed by atoms with E-state index in [1.807, 2.05) is 20.8 Å². The molecule has 1 aliphatic rings. The Morgan fingerprint density at radius 3 is 2.30 bits per heavy atom. The van der Waals surface area contributed by atoms with Gasteiger partial charge in [0.2, 0.25) is 5.91 Å². The number of amides is 1. The molecule has 1 rings (SSSR count). The van der Waals surface area contributed by atoms with E-state index in [-0.39, 0.29) is 16.6 Å². The maximum atomic E-state index is 12.3. The average molecular weight is 301 g/mol. The second-order valence-electron chi connectivity index (χ2n) is 7.18. The molecule has 0 saturated carbocycles. The van der Waals surface area contributed by atoms with E-state index in [2.05, 4.69) is 20.8 Å². The molecule has 0 aromatic heterocycles. The van der Waals surface area contributed by atoms with Gasteiger partial charge in [-0.25, -0.2) is 4.79 Å². The molecule has 0 aromatic carbocycles. The fraction of sp³-hybridized carbons (Fsp3) is 0.867. The lowest BCUT2D eigenvalue weighted by Crippen LogP contribution is -2.44. The van der Waals surface area contributed by atoms with Crippen LogP contribution in [-0.4, -0.2) is 45.5 Å². The highest BCUT2D eigenvalue weighted by Gasteiger charge is 2.36. The summed E-state index contributed by atoms with van der Waals surface area (Å²) < 4.78 is 5.46. The molecule has 1 heterocycles. The largest absolute Gasteiger partial charge is 0.458 e. The van der Waals surface area contributed by atoms with Crippen LogP contribution in [0.2, 0.25) is 0 Å². The van der Waals surface area contributed by atoms with E-state index in [0.29, 0.717) is 18.7 Å². The minimum absolute atomic E-state index is 0.0401. The van der Waals surface area contributed by atoms with E-state index in [0.717, 1.165) is 6.42 Å². The Labute approximate surface area is 126 Å². The van der Waals surface area contributed by atoms with E-state index >= 15 is 0 Å². The Hall–Kier alpha value is -0.710. The lowest BCUT2D eigenvalue weighted by atomic mass is 10.1. The summed E-state index contributed by atoms with van der Waals surface area (Å²) in [5, 5.41) is 0. The van der Waals surface area contributed by atoms with Crippen molar-refractivity contribution in [3.8, 4) is 0 Å². The van der Waals surface area contributed by atoms with Crippen LogP contribution in [0.1, 0.15) is 54.4 Å². The summed E-state index contributed by atoms with van der Waals surface area (Å²) in [5.41, 5.74) is -0.505. The van der Waals surface area contributed by atoms with E-state index in [9.17, 15) is 9.59 Å². The molecule has 20 heavy (non-hydrogen) atoms. The number of likely N-dealkylation sites (tertiary alicyclic amines) is 1. The Balaban J connectivity index is 2.60. The molecule has 0 spiro atoms. The number of carbonyl (C=O) groups excluding carboxylic acids is 2. The third kappa shape index (κ3) is 5.73. The predicted octanol–water partition coefficient (Wildman–Crippen LogP) is 2.85. The van der Waals surface area contributed by atoms with Crippen LogP contribution < -0.4 is 0 Å². The standard InChI is InChI=1S/C15H27NO3S/c1-14(2,3)19-13(18)11-8-7-9-16(11)12(17)10-20-15(4,5)6/h11H,7-10H2,1-6H3/t11-/m0/s1. The van der Waals surface area contributed by atoms with E-state index in [4.69, 9.17) is 4.74 Å². The quantitative estimate of drug-likeness (QED) is 0.752. The summed E-state index contributed by atoms with van der Waals surface area (Å²) in [7, 11) is 0. The summed E-state index contributed by atoms with van der Waals surface area (Å²) in [5.74, 6) is 0.186. The van der Waals surface area contributed by atoms with Crippen LogP contribution >= 0.6 is 11.8 Å². The number of rotatable bonds is 3. The molecule has 0 unspecified atom stereocenters. The Bertz CT molecular complexity index is 368. The first kappa shape index (κ1) is 17.3. The molecule has 4 nitrogen and oxygen atoms in total. The zero-order valence-corrected chi connectivity index (χ0v) is 14.3. The Morgan fingerprint density at radius 1 is 1.20 bits per heavy atom. The number of esters is 1. The zero-order valence-electron chi connectivity index (χ0n) is 13.5. The van der Waals surface area contributed by atoms with Crippen molar-refractivity contribution in [2.45, 2.75) is 70.8 Å². The Kier molecular flexibility index (Phi) is 5.53. The molecule has 0 aliphatic carbocycles. The number of nitrogens with zero attached hydrogens (tertiary/aromatic N) is 1. The fourth-order valence-electron chi connectivity index (χ4n) is 2.04. The van der Waals surface area contributed by atoms with Gasteiger partial charge in [-0.1, -0.05) is 20.8 Å². The summed E-state index contributed by atoms with van der Waals surface area (Å²) in [4.78, 5) is 26.1. The smallest absolute Gasteiger partial charge is 0.329 e. The normalized spacial score (nSPS) is 20.1. The van der Waals surface area contributed by atoms with Crippen LogP contribution in [0.25, 0.3) is 0 Å². The van der Waals surface area contributed by atoms with Gasteiger partial charge in [-0.3, -0.25) is 4.79 Å². The van der Waals surface area contributed by atoms with Crippen LogP contribution in [0.3, 0.4) is 0 Å². The van der Waals surface area contributed by atoms with Crippen molar-refractivity contribution in [3.05, 3.63) is 0 Å². The summed E-state index contributed by atoms with van der Waals surface area (Å²) in [6.07, 6.45) is 1.58. The van der Waals surface area contributed by atoms with Crippen molar-refractivity contribution >= 4 is 23.6 Å². The van der Waals surface area contributed by atoms with E-state index < -0.39 is 11.6 Å². The van der Waals surface area contributed by atoms with Crippen LogP contribution in [-0.2, 0) is 14.3 Å². The van der Waals surface area contributed by atoms with Crippen molar-refractivity contribution in [1.29, 1.82) is 0 Å². The van der Waals surface area contributed by atoms with Crippen LogP contribution in [0.15, 0.2) is 0 Å². The highest BCUT2D eigenvalue weighted by atomic mass is 32.2. The first-order valence-corrected chi connectivity index (χ1v) is 8.14. The van der Waals surface area contributed by atoms with Gasteiger partial charge in [0.15, 0.2) is 0 Å². The summed E-state index contributed by atoms with van der Waals surface area (Å²) in [6.45, 7) is 12.5. The van der Waals surface area contributed by atoms with Gasteiger partial charge in [-0.15, -0.1) is 11.8 Å². The predicted molar refractivity (Wildman–Crippen MR) is 82.8 cm³/mol.